The minimum atomic E-state index is -0.733. The van der Waals surface area contributed by atoms with E-state index in [0.29, 0.717) is 45.1 Å². The van der Waals surface area contributed by atoms with Crippen LogP contribution in [0.4, 0.5) is 0 Å². The van der Waals surface area contributed by atoms with Crippen LogP contribution in [0.5, 0.6) is 40.2 Å². The number of ether oxygens (including phenoxy) is 7. The average Bonchev–Trinajstić information content (AvgIpc) is 3.42. The highest BCUT2D eigenvalue weighted by Crippen LogP contribution is 2.36. The predicted octanol–water partition coefficient (Wildman–Crippen LogP) is 10.2. The van der Waals surface area contributed by atoms with Gasteiger partial charge in [-0.15, -0.1) is 0 Å². The van der Waals surface area contributed by atoms with Gasteiger partial charge in [0.05, 0.1) is 44.1 Å². The first-order valence-electron chi connectivity index (χ1n) is 22.3. The van der Waals surface area contributed by atoms with Crippen LogP contribution in [-0.2, 0) is 19.8 Å². The smallest absolute Gasteiger partial charge is 0.347 e. The molecule has 8 rings (SSSR count). The summed E-state index contributed by atoms with van der Waals surface area (Å²) in [5.74, 6) is 5.26. The van der Waals surface area contributed by atoms with Gasteiger partial charge in [-0.3, -0.25) is 0 Å². The van der Waals surface area contributed by atoms with Crippen molar-refractivity contribution in [2.75, 3.05) is 14.2 Å². The first-order valence-corrected chi connectivity index (χ1v) is 22.3. The molecule has 0 aromatic heterocycles. The Bertz CT molecular complexity index is 3270. The van der Waals surface area contributed by atoms with E-state index in [1.165, 1.54) is 74.9 Å². The summed E-state index contributed by atoms with van der Waals surface area (Å²) in [4.78, 5) is 52.4. The Hall–Kier alpha value is -9.48. The van der Waals surface area contributed by atoms with Gasteiger partial charge in [0.25, 0.3) is 0 Å². The third kappa shape index (κ3) is 12.2. The summed E-state index contributed by atoms with van der Waals surface area (Å²) in [6.45, 7) is -0.469. The normalized spacial score (nSPS) is 10.5. The van der Waals surface area contributed by atoms with Crippen molar-refractivity contribution in [3.8, 4) is 63.2 Å². The molecule has 0 amide bonds. The van der Waals surface area contributed by atoms with Crippen molar-refractivity contribution in [2.24, 2.45) is 0 Å². The molecule has 0 saturated carbocycles. The number of hydrogen-bond acceptors (Lipinski definition) is 13. The Morgan fingerprint density at radius 1 is 0.431 bits per heavy atom. The second-order valence-corrected chi connectivity index (χ2v) is 15.7. The molecule has 0 heterocycles. The lowest BCUT2D eigenvalue weighted by molar-refractivity contribution is 0.0717. The summed E-state index contributed by atoms with van der Waals surface area (Å²) in [7, 11) is 2.90. The maximum Gasteiger partial charge on any atom is 0.347 e. The molecule has 72 heavy (non-hydrogen) atoms. The number of carbonyl (C=O) groups is 4. The summed E-state index contributed by atoms with van der Waals surface area (Å²) in [6.07, 6.45) is 0. The quantitative estimate of drug-likeness (QED) is 0.0533. The lowest BCUT2D eigenvalue weighted by Gasteiger charge is -2.15. The predicted molar refractivity (Wildman–Crippen MR) is 266 cm³/mol. The Kier molecular flexibility index (Phi) is 15.8. The zero-order valence-electron chi connectivity index (χ0n) is 38.8. The molecule has 0 fully saturated rings. The second-order valence-electron chi connectivity index (χ2n) is 15.7. The molecular weight excluding hydrogens is 917 g/mol. The third-order valence-electron chi connectivity index (χ3n) is 11.0. The number of methoxy groups -OCH3 is 2. The van der Waals surface area contributed by atoms with E-state index in [2.05, 4.69) is 11.8 Å². The Morgan fingerprint density at radius 2 is 0.875 bits per heavy atom. The fraction of sp³-hybridized carbons (Fsp3) is 0.0847. The van der Waals surface area contributed by atoms with Gasteiger partial charge in [-0.25, -0.2) is 19.2 Å². The minimum Gasteiger partial charge on any atom is -0.496 e. The van der Waals surface area contributed by atoms with Gasteiger partial charge in [-0.2, -0.15) is 0 Å². The molecule has 0 unspecified atom stereocenters. The number of esters is 4. The van der Waals surface area contributed by atoms with Crippen LogP contribution in [0.1, 0.15) is 69.2 Å². The van der Waals surface area contributed by atoms with Gasteiger partial charge in [0.15, 0.2) is 11.5 Å². The largest absolute Gasteiger partial charge is 0.496 e. The van der Waals surface area contributed by atoms with Crippen LogP contribution < -0.4 is 33.2 Å². The van der Waals surface area contributed by atoms with E-state index in [1.807, 2.05) is 60.7 Å². The molecule has 13 nitrogen and oxygen atoms in total. The summed E-state index contributed by atoms with van der Waals surface area (Å²) >= 11 is 0. The fourth-order valence-corrected chi connectivity index (χ4v) is 7.24. The molecule has 0 bridgehead atoms. The molecule has 0 saturated heterocycles. The van der Waals surface area contributed by atoms with E-state index >= 15 is 0 Å². The van der Waals surface area contributed by atoms with E-state index in [0.717, 1.165) is 11.1 Å². The first kappa shape index (κ1) is 49.0. The molecule has 8 aromatic carbocycles. The van der Waals surface area contributed by atoms with Gasteiger partial charge in [-0.1, -0.05) is 72.5 Å². The first-order chi connectivity index (χ1) is 35.1. The van der Waals surface area contributed by atoms with Crippen LogP contribution in [0.25, 0.3) is 11.1 Å². The van der Waals surface area contributed by atoms with E-state index in [4.69, 9.17) is 33.2 Å². The van der Waals surface area contributed by atoms with Crippen molar-refractivity contribution in [2.45, 2.75) is 19.8 Å². The summed E-state index contributed by atoms with van der Waals surface area (Å²) in [5.41, 5.74) is 5.26. The molecule has 8 aromatic rings. The van der Waals surface area contributed by atoms with Crippen LogP contribution in [0, 0.1) is 11.8 Å². The topological polar surface area (TPSA) is 173 Å². The second kappa shape index (κ2) is 23.2. The van der Waals surface area contributed by atoms with E-state index in [-0.39, 0.29) is 58.5 Å². The van der Waals surface area contributed by atoms with E-state index in [9.17, 15) is 29.4 Å². The third-order valence-corrected chi connectivity index (χ3v) is 11.0. The maximum atomic E-state index is 13.2. The van der Waals surface area contributed by atoms with Crippen molar-refractivity contribution >= 4 is 23.9 Å². The number of aliphatic hydroxyl groups excluding tert-OH is 2. The number of aliphatic hydroxyl groups is 2. The Labute approximate surface area is 414 Å². The van der Waals surface area contributed by atoms with Crippen LogP contribution in [-0.4, -0.2) is 48.3 Å². The van der Waals surface area contributed by atoms with E-state index < -0.39 is 30.5 Å². The summed E-state index contributed by atoms with van der Waals surface area (Å²) in [6, 6.07) is 50.1. The van der Waals surface area contributed by atoms with Crippen molar-refractivity contribution in [1.82, 2.24) is 0 Å². The van der Waals surface area contributed by atoms with Gasteiger partial charge in [0.2, 0.25) is 0 Å². The monoisotopic (exact) mass is 960 g/mol. The van der Waals surface area contributed by atoms with Gasteiger partial charge >= 0.3 is 23.9 Å². The number of carbonyl (C=O) groups excluding carboxylic acids is 4. The molecule has 0 atom stereocenters. The standard InChI is InChI=1S/C59H44O13/c1-66-53-34-55(68-37-40-9-5-3-6-10-40)54(67-2)33-52(53)59(65)72-49-29-21-43(22-30-49)57(63)70-47-25-17-39(18-26-47)14-13-38-15-23-46(24-16-38)69-56(62)42-19-27-48(28-20-42)71-58(64)51-32-44(35-60)50(31-45(51)36-61)41-11-7-4-8-12-41/h3-12,15-34,60-61H,35-37H2,1-2H3. The van der Waals surface area contributed by atoms with Crippen molar-refractivity contribution in [1.29, 1.82) is 0 Å². The van der Waals surface area contributed by atoms with Crippen LogP contribution in [0.15, 0.2) is 182 Å². The molecule has 358 valence electrons. The van der Waals surface area contributed by atoms with Gasteiger partial charge in [-0.05, 0) is 137 Å². The highest BCUT2D eigenvalue weighted by atomic mass is 16.6. The molecular formula is C59H44O13. The van der Waals surface area contributed by atoms with Crippen LogP contribution >= 0.6 is 0 Å². The molecule has 0 radical (unpaired) electrons. The van der Waals surface area contributed by atoms with Crippen molar-refractivity contribution < 1.29 is 62.5 Å². The van der Waals surface area contributed by atoms with Crippen molar-refractivity contribution in [3.63, 3.8) is 0 Å². The van der Waals surface area contributed by atoms with E-state index in [1.54, 1.807) is 60.7 Å². The lowest BCUT2D eigenvalue weighted by Crippen LogP contribution is -2.13. The van der Waals surface area contributed by atoms with Gasteiger partial charge < -0.3 is 43.4 Å². The zero-order valence-corrected chi connectivity index (χ0v) is 38.8. The Balaban J connectivity index is 0.807. The molecule has 13 heteroatoms. The average molecular weight is 961 g/mol. The van der Waals surface area contributed by atoms with Gasteiger partial charge in [0.1, 0.15) is 40.9 Å². The summed E-state index contributed by atoms with van der Waals surface area (Å²) in [5, 5.41) is 20.1. The number of rotatable bonds is 16. The zero-order chi connectivity index (χ0) is 50.4. The number of benzene rings is 8. The minimum absolute atomic E-state index is 0.105. The highest BCUT2D eigenvalue weighted by molar-refractivity contribution is 5.96. The Morgan fingerprint density at radius 3 is 1.35 bits per heavy atom. The molecule has 0 aliphatic carbocycles. The summed E-state index contributed by atoms with van der Waals surface area (Å²) < 4.78 is 39.1. The SMILES string of the molecule is COc1cc(C(=O)Oc2ccc(C(=O)Oc3ccc(C#Cc4ccc(OC(=O)c5ccc(OC(=O)c6cc(CO)c(-c7ccccc7)cc6CO)cc5)cc4)cc3)cc2)c(OC)cc1OCc1ccccc1. The van der Waals surface area contributed by atoms with Gasteiger partial charge in [0, 0.05) is 23.3 Å². The van der Waals surface area contributed by atoms with Crippen LogP contribution in [0.2, 0.25) is 0 Å². The molecule has 2 N–H and O–H groups in total. The highest BCUT2D eigenvalue weighted by Gasteiger charge is 2.22. The molecule has 0 aliphatic rings. The molecule has 0 aliphatic heterocycles. The molecule has 0 spiro atoms. The lowest BCUT2D eigenvalue weighted by atomic mass is 9.94. The maximum absolute atomic E-state index is 13.2. The fourth-order valence-electron chi connectivity index (χ4n) is 7.24. The van der Waals surface area contributed by atoms with Crippen LogP contribution in [0.3, 0.4) is 0 Å². The van der Waals surface area contributed by atoms with Crippen molar-refractivity contribution in [3.05, 3.63) is 232 Å². The number of hydrogen-bond donors (Lipinski definition) is 2.